The second kappa shape index (κ2) is 5.62. The summed E-state index contributed by atoms with van der Waals surface area (Å²) in [7, 11) is 0. The van der Waals surface area contributed by atoms with Crippen molar-refractivity contribution in [3.63, 3.8) is 0 Å². The zero-order chi connectivity index (χ0) is 12.3. The normalized spacial score (nSPS) is 10.2. The summed E-state index contributed by atoms with van der Waals surface area (Å²) in [6.45, 7) is 0.441. The zero-order valence-electron chi connectivity index (χ0n) is 8.61. The third-order valence-electron chi connectivity index (χ3n) is 2.07. The minimum atomic E-state index is -0.141. The summed E-state index contributed by atoms with van der Waals surface area (Å²) in [5.74, 6) is -0.141. The van der Waals surface area contributed by atoms with Crippen LogP contribution in [0.25, 0.3) is 0 Å². The molecule has 6 heteroatoms. The number of hydrogen-bond donors (Lipinski definition) is 1. The molecule has 0 saturated heterocycles. The second-order valence-corrected chi connectivity index (χ2v) is 5.48. The van der Waals surface area contributed by atoms with Crippen LogP contribution in [-0.4, -0.2) is 10.9 Å². The van der Waals surface area contributed by atoms with Crippen LogP contribution in [0.5, 0.6) is 0 Å². The lowest BCUT2D eigenvalue weighted by Crippen LogP contribution is -2.22. The van der Waals surface area contributed by atoms with Crippen LogP contribution in [0.1, 0.15) is 15.4 Å². The van der Waals surface area contributed by atoms with E-state index in [1.54, 1.807) is 24.4 Å². The fourth-order valence-electron chi connectivity index (χ4n) is 1.24. The average Bonchev–Trinajstić information content (AvgIpc) is 2.82. The number of carbonyl (C=O) groups is 1. The largest absolute Gasteiger partial charge is 0.346 e. The predicted molar refractivity (Wildman–Crippen MR) is 72.4 cm³/mol. The van der Waals surface area contributed by atoms with Crippen molar-refractivity contribution in [2.24, 2.45) is 0 Å². The van der Waals surface area contributed by atoms with Gasteiger partial charge in [0.05, 0.1) is 11.6 Å². The molecule has 1 N–H and O–H groups in total. The van der Waals surface area contributed by atoms with Gasteiger partial charge in [0.2, 0.25) is 0 Å². The molecule has 0 aliphatic heterocycles. The second-order valence-electron chi connectivity index (χ2n) is 3.24. The first-order valence-corrected chi connectivity index (χ1v) is 6.83. The average molecular weight is 332 g/mol. The summed E-state index contributed by atoms with van der Waals surface area (Å²) in [4.78, 5) is 15.9. The smallest absolute Gasteiger partial charge is 0.251 e. The van der Waals surface area contributed by atoms with Crippen LogP contribution < -0.4 is 5.32 Å². The van der Waals surface area contributed by atoms with Gasteiger partial charge in [0.1, 0.15) is 5.01 Å². The third-order valence-corrected chi connectivity index (χ3v) is 4.06. The van der Waals surface area contributed by atoms with Crippen molar-refractivity contribution < 1.29 is 4.79 Å². The Morgan fingerprint density at radius 1 is 1.53 bits per heavy atom. The van der Waals surface area contributed by atoms with Crippen LogP contribution in [-0.2, 0) is 6.54 Å². The van der Waals surface area contributed by atoms with E-state index in [4.69, 9.17) is 11.6 Å². The molecule has 0 radical (unpaired) electrons. The first-order valence-electron chi connectivity index (χ1n) is 4.78. The molecule has 1 aromatic carbocycles. The number of nitrogens with zero attached hydrogens (tertiary/aromatic N) is 1. The number of hydrogen-bond acceptors (Lipinski definition) is 3. The lowest BCUT2D eigenvalue weighted by molar-refractivity contribution is 0.0951. The molecule has 0 bridgehead atoms. The number of benzene rings is 1. The topological polar surface area (TPSA) is 42.0 Å². The number of thiazole rings is 1. The zero-order valence-corrected chi connectivity index (χ0v) is 11.8. The van der Waals surface area contributed by atoms with Crippen molar-refractivity contribution in [3.05, 3.63) is 49.8 Å². The summed E-state index contributed by atoms with van der Waals surface area (Å²) in [6.07, 6.45) is 1.71. The van der Waals surface area contributed by atoms with Crippen molar-refractivity contribution in [2.75, 3.05) is 0 Å². The van der Waals surface area contributed by atoms with E-state index < -0.39 is 0 Å². The Kier molecular flexibility index (Phi) is 4.15. The Bertz CT molecular complexity index is 530. The monoisotopic (exact) mass is 330 g/mol. The van der Waals surface area contributed by atoms with Crippen molar-refractivity contribution >= 4 is 44.8 Å². The molecule has 2 aromatic rings. The molecule has 17 heavy (non-hydrogen) atoms. The highest BCUT2D eigenvalue weighted by atomic mass is 79.9. The highest BCUT2D eigenvalue weighted by Gasteiger charge is 2.07. The highest BCUT2D eigenvalue weighted by molar-refractivity contribution is 9.10. The summed E-state index contributed by atoms with van der Waals surface area (Å²) in [6, 6.07) is 5.06. The molecule has 0 spiro atoms. The molecule has 1 amide bonds. The van der Waals surface area contributed by atoms with Gasteiger partial charge in [-0.1, -0.05) is 11.6 Å². The van der Waals surface area contributed by atoms with Crippen LogP contribution in [0.4, 0.5) is 0 Å². The quantitative estimate of drug-likeness (QED) is 0.935. The molecular formula is C11H8BrClN2OS. The van der Waals surface area contributed by atoms with E-state index in [0.29, 0.717) is 21.6 Å². The van der Waals surface area contributed by atoms with E-state index in [1.165, 1.54) is 11.3 Å². The SMILES string of the molecule is O=C(NCc1nccs1)c1ccc(Cl)c(Br)c1. The summed E-state index contributed by atoms with van der Waals surface area (Å²) in [5, 5.41) is 6.13. The number of carbonyl (C=O) groups excluding carboxylic acids is 1. The summed E-state index contributed by atoms with van der Waals surface area (Å²) in [5.41, 5.74) is 0.567. The Hall–Kier alpha value is -0.910. The molecule has 88 valence electrons. The van der Waals surface area contributed by atoms with E-state index in [9.17, 15) is 4.79 Å². The number of amides is 1. The maximum absolute atomic E-state index is 11.8. The van der Waals surface area contributed by atoms with Crippen LogP contribution in [0.3, 0.4) is 0 Å². The number of aromatic nitrogens is 1. The predicted octanol–water partition coefficient (Wildman–Crippen LogP) is 3.49. The molecule has 0 unspecified atom stereocenters. The van der Waals surface area contributed by atoms with Gasteiger partial charge in [-0.2, -0.15) is 0 Å². The minimum absolute atomic E-state index is 0.141. The molecule has 0 fully saturated rings. The van der Waals surface area contributed by atoms with Crippen LogP contribution in [0.15, 0.2) is 34.2 Å². The third kappa shape index (κ3) is 3.28. The van der Waals surface area contributed by atoms with E-state index in [1.807, 2.05) is 5.38 Å². The maximum atomic E-state index is 11.8. The van der Waals surface area contributed by atoms with Gasteiger partial charge in [0, 0.05) is 21.6 Å². The molecule has 0 atom stereocenters. The molecule has 0 saturated carbocycles. The van der Waals surface area contributed by atoms with Gasteiger partial charge >= 0.3 is 0 Å². The van der Waals surface area contributed by atoms with Crippen molar-refractivity contribution in [1.29, 1.82) is 0 Å². The van der Waals surface area contributed by atoms with E-state index in [-0.39, 0.29) is 5.91 Å². The Morgan fingerprint density at radius 2 is 2.35 bits per heavy atom. The maximum Gasteiger partial charge on any atom is 0.251 e. The number of nitrogens with one attached hydrogen (secondary N) is 1. The number of halogens is 2. The Labute approximate surface area is 116 Å². The Morgan fingerprint density at radius 3 is 3.00 bits per heavy atom. The van der Waals surface area contributed by atoms with Gasteiger partial charge < -0.3 is 5.32 Å². The number of rotatable bonds is 3. The fourth-order valence-corrected chi connectivity index (χ4v) is 2.29. The Balaban J connectivity index is 2.02. The highest BCUT2D eigenvalue weighted by Crippen LogP contribution is 2.23. The molecule has 1 aromatic heterocycles. The standard InChI is InChI=1S/C11H8BrClN2OS/c12-8-5-7(1-2-9(8)13)11(16)15-6-10-14-3-4-17-10/h1-5H,6H2,(H,15,16). The minimum Gasteiger partial charge on any atom is -0.346 e. The molecular weight excluding hydrogens is 324 g/mol. The molecule has 3 nitrogen and oxygen atoms in total. The first kappa shape index (κ1) is 12.5. The summed E-state index contributed by atoms with van der Waals surface area (Å²) >= 11 is 10.6. The van der Waals surface area contributed by atoms with E-state index in [0.717, 1.165) is 5.01 Å². The molecule has 2 rings (SSSR count). The van der Waals surface area contributed by atoms with Gasteiger partial charge in [-0.25, -0.2) is 4.98 Å². The van der Waals surface area contributed by atoms with E-state index in [2.05, 4.69) is 26.2 Å². The molecule has 0 aliphatic carbocycles. The lowest BCUT2D eigenvalue weighted by Gasteiger charge is -2.04. The van der Waals surface area contributed by atoms with Crippen molar-refractivity contribution in [3.8, 4) is 0 Å². The lowest BCUT2D eigenvalue weighted by atomic mass is 10.2. The molecule has 1 heterocycles. The van der Waals surface area contributed by atoms with Gasteiger partial charge in [0.25, 0.3) is 5.91 Å². The van der Waals surface area contributed by atoms with Crippen LogP contribution in [0.2, 0.25) is 5.02 Å². The first-order chi connectivity index (χ1) is 8.16. The van der Waals surface area contributed by atoms with Gasteiger partial charge in [-0.15, -0.1) is 11.3 Å². The fraction of sp³-hybridized carbons (Fsp3) is 0.0909. The van der Waals surface area contributed by atoms with E-state index >= 15 is 0 Å². The van der Waals surface area contributed by atoms with Gasteiger partial charge in [-0.3, -0.25) is 4.79 Å². The molecule has 0 aliphatic rings. The van der Waals surface area contributed by atoms with Gasteiger partial charge in [0.15, 0.2) is 0 Å². The summed E-state index contributed by atoms with van der Waals surface area (Å²) < 4.78 is 0.709. The van der Waals surface area contributed by atoms with Crippen molar-refractivity contribution in [1.82, 2.24) is 10.3 Å². The van der Waals surface area contributed by atoms with Crippen molar-refractivity contribution in [2.45, 2.75) is 6.54 Å². The van der Waals surface area contributed by atoms with Gasteiger partial charge in [-0.05, 0) is 34.1 Å². The van der Waals surface area contributed by atoms with Crippen LogP contribution >= 0.6 is 38.9 Å². The van der Waals surface area contributed by atoms with Crippen LogP contribution in [0, 0.1) is 0 Å².